The number of aliphatic hydroxyl groups excluding tert-OH is 1. The smallest absolute Gasteiger partial charge is 0.404 e. The molecule has 0 bridgehead atoms. The summed E-state index contributed by atoms with van der Waals surface area (Å²) in [5.41, 5.74) is 0. The van der Waals surface area contributed by atoms with E-state index in [4.69, 9.17) is 5.11 Å². The summed E-state index contributed by atoms with van der Waals surface area (Å²) in [5, 5.41) is 23.0. The van der Waals surface area contributed by atoms with E-state index < -0.39 is 12.2 Å². The van der Waals surface area contributed by atoms with Crippen molar-refractivity contribution in [1.82, 2.24) is 10.6 Å². The molecule has 0 unspecified atom stereocenters. The maximum absolute atomic E-state index is 10.1. The molecule has 1 aliphatic heterocycles. The van der Waals surface area contributed by atoms with Crippen molar-refractivity contribution in [3.8, 4) is 0 Å². The van der Waals surface area contributed by atoms with Gasteiger partial charge in [0, 0.05) is 19.0 Å². The molecule has 0 aromatic heterocycles. The van der Waals surface area contributed by atoms with Gasteiger partial charge in [-0.2, -0.15) is 0 Å². The second-order valence-corrected chi connectivity index (χ2v) is 3.01. The van der Waals surface area contributed by atoms with Crippen LogP contribution >= 0.6 is 0 Å². The minimum atomic E-state index is -1.03. The topological polar surface area (TPSA) is 81.6 Å². The maximum atomic E-state index is 10.1. The molecule has 1 rings (SSSR count). The Labute approximate surface area is 70.8 Å². The lowest BCUT2D eigenvalue weighted by Crippen LogP contribution is -2.45. The Bertz CT molecular complexity index is 163. The van der Waals surface area contributed by atoms with Gasteiger partial charge < -0.3 is 20.8 Å². The van der Waals surface area contributed by atoms with Crippen molar-refractivity contribution in [3.63, 3.8) is 0 Å². The number of β-amino-alcohol motifs (C(OH)–C–C–N with tert-alkyl or cyclic N) is 1. The van der Waals surface area contributed by atoms with Crippen LogP contribution in [-0.4, -0.2) is 42.0 Å². The summed E-state index contributed by atoms with van der Waals surface area (Å²) in [6, 6.07) is 0. The molecule has 4 N–H and O–H groups in total. The number of aliphatic hydroxyl groups is 1. The molecule has 0 aliphatic carbocycles. The lowest BCUT2D eigenvalue weighted by Gasteiger charge is -2.27. The molecule has 1 aliphatic rings. The van der Waals surface area contributed by atoms with Crippen LogP contribution in [0.25, 0.3) is 0 Å². The molecule has 1 saturated heterocycles. The third-order valence-corrected chi connectivity index (χ3v) is 2.11. The predicted octanol–water partition coefficient (Wildman–Crippen LogP) is -0.776. The summed E-state index contributed by atoms with van der Waals surface area (Å²) < 4.78 is 0. The summed E-state index contributed by atoms with van der Waals surface area (Å²) in [5.74, 6) is 0.0577. The Morgan fingerprint density at radius 2 is 2.42 bits per heavy atom. The molecule has 70 valence electrons. The zero-order chi connectivity index (χ0) is 8.97. The fourth-order valence-corrected chi connectivity index (χ4v) is 1.35. The second kappa shape index (κ2) is 4.27. The van der Waals surface area contributed by atoms with Crippen molar-refractivity contribution in [2.45, 2.75) is 12.5 Å². The molecule has 5 nitrogen and oxygen atoms in total. The van der Waals surface area contributed by atoms with Crippen LogP contribution in [-0.2, 0) is 0 Å². The van der Waals surface area contributed by atoms with E-state index in [1.165, 1.54) is 0 Å². The molecule has 0 saturated carbocycles. The molecule has 5 heteroatoms. The summed E-state index contributed by atoms with van der Waals surface area (Å²) >= 11 is 0. The van der Waals surface area contributed by atoms with Crippen molar-refractivity contribution >= 4 is 6.09 Å². The molecular weight excluding hydrogens is 160 g/mol. The lowest BCUT2D eigenvalue weighted by atomic mass is 9.95. The van der Waals surface area contributed by atoms with Crippen LogP contribution in [0.3, 0.4) is 0 Å². The van der Waals surface area contributed by atoms with Crippen molar-refractivity contribution in [2.24, 2.45) is 5.92 Å². The molecule has 12 heavy (non-hydrogen) atoms. The third-order valence-electron chi connectivity index (χ3n) is 2.11. The van der Waals surface area contributed by atoms with Gasteiger partial charge in [-0.15, -0.1) is 0 Å². The molecule has 1 heterocycles. The van der Waals surface area contributed by atoms with Gasteiger partial charge in [-0.1, -0.05) is 0 Å². The first kappa shape index (κ1) is 9.28. The summed E-state index contributed by atoms with van der Waals surface area (Å²) in [6.45, 7) is 1.76. The highest BCUT2D eigenvalue weighted by Crippen LogP contribution is 2.10. The first-order chi connectivity index (χ1) is 5.70. The van der Waals surface area contributed by atoms with Crippen molar-refractivity contribution < 1.29 is 15.0 Å². The third kappa shape index (κ3) is 2.67. The van der Waals surface area contributed by atoms with Crippen LogP contribution in [0.15, 0.2) is 0 Å². The van der Waals surface area contributed by atoms with Crippen LogP contribution in [0.2, 0.25) is 0 Å². The number of carboxylic acid groups (broad SMARTS) is 1. The van der Waals surface area contributed by atoms with Gasteiger partial charge in [-0.25, -0.2) is 4.79 Å². The van der Waals surface area contributed by atoms with E-state index >= 15 is 0 Å². The predicted molar refractivity (Wildman–Crippen MR) is 43.0 cm³/mol. The highest BCUT2D eigenvalue weighted by Gasteiger charge is 2.22. The Morgan fingerprint density at radius 3 is 3.00 bits per heavy atom. The van der Waals surface area contributed by atoms with Gasteiger partial charge in [0.05, 0.1) is 6.10 Å². The molecule has 1 amide bonds. The van der Waals surface area contributed by atoms with Crippen LogP contribution in [0.1, 0.15) is 6.42 Å². The zero-order valence-electron chi connectivity index (χ0n) is 6.79. The second-order valence-electron chi connectivity index (χ2n) is 3.01. The standard InChI is InChI=1S/C7H14N2O3/c10-6-4-8-2-1-5(6)3-9-7(11)12/h5-6,8-10H,1-4H2,(H,11,12)/t5-,6-/m0/s1. The van der Waals surface area contributed by atoms with E-state index in [0.29, 0.717) is 13.1 Å². The molecule has 0 spiro atoms. The van der Waals surface area contributed by atoms with Crippen molar-refractivity contribution in [2.75, 3.05) is 19.6 Å². The van der Waals surface area contributed by atoms with Crippen molar-refractivity contribution in [3.05, 3.63) is 0 Å². The average molecular weight is 174 g/mol. The van der Waals surface area contributed by atoms with E-state index in [9.17, 15) is 9.90 Å². The average Bonchev–Trinajstić information content (AvgIpc) is 2.03. The monoisotopic (exact) mass is 174 g/mol. The quantitative estimate of drug-likeness (QED) is 0.443. The number of hydrogen-bond acceptors (Lipinski definition) is 3. The van der Waals surface area contributed by atoms with Crippen LogP contribution in [0.5, 0.6) is 0 Å². The van der Waals surface area contributed by atoms with Crippen LogP contribution in [0, 0.1) is 5.92 Å². The molecule has 0 aromatic carbocycles. The summed E-state index contributed by atoms with van der Waals surface area (Å²) in [4.78, 5) is 10.1. The molecule has 1 fully saturated rings. The molecule has 0 aromatic rings. The maximum Gasteiger partial charge on any atom is 0.404 e. The minimum Gasteiger partial charge on any atom is -0.465 e. The normalized spacial score (nSPS) is 29.8. The van der Waals surface area contributed by atoms with Crippen molar-refractivity contribution in [1.29, 1.82) is 0 Å². The van der Waals surface area contributed by atoms with Gasteiger partial charge in [0.25, 0.3) is 0 Å². The van der Waals surface area contributed by atoms with Gasteiger partial charge in [0.1, 0.15) is 0 Å². The van der Waals surface area contributed by atoms with Crippen LogP contribution < -0.4 is 10.6 Å². The van der Waals surface area contributed by atoms with E-state index in [1.54, 1.807) is 0 Å². The summed E-state index contributed by atoms with van der Waals surface area (Å²) in [7, 11) is 0. The van der Waals surface area contributed by atoms with E-state index in [2.05, 4.69) is 10.6 Å². The van der Waals surface area contributed by atoms with Gasteiger partial charge in [-0.05, 0) is 13.0 Å². The first-order valence-corrected chi connectivity index (χ1v) is 4.05. The Hall–Kier alpha value is -0.810. The number of piperidine rings is 1. The number of hydrogen-bond donors (Lipinski definition) is 4. The largest absolute Gasteiger partial charge is 0.465 e. The highest BCUT2D eigenvalue weighted by atomic mass is 16.4. The van der Waals surface area contributed by atoms with Crippen LogP contribution in [0.4, 0.5) is 4.79 Å². The number of carbonyl (C=O) groups is 1. The molecule has 2 atom stereocenters. The molecule has 0 radical (unpaired) electrons. The number of rotatable bonds is 2. The SMILES string of the molecule is O=C(O)NC[C@@H]1CCNC[C@@H]1O. The fraction of sp³-hybridized carbons (Fsp3) is 0.857. The van der Waals surface area contributed by atoms with E-state index in [1.807, 2.05) is 0 Å². The Kier molecular flexibility index (Phi) is 3.31. The first-order valence-electron chi connectivity index (χ1n) is 4.05. The summed E-state index contributed by atoms with van der Waals surface area (Å²) in [6.07, 6.45) is -0.632. The van der Waals surface area contributed by atoms with Gasteiger partial charge >= 0.3 is 6.09 Å². The van der Waals surface area contributed by atoms with Gasteiger partial charge in [0.2, 0.25) is 0 Å². The Balaban J connectivity index is 2.24. The molecular formula is C7H14N2O3. The zero-order valence-corrected chi connectivity index (χ0v) is 6.79. The number of nitrogens with one attached hydrogen (secondary N) is 2. The van der Waals surface area contributed by atoms with Gasteiger partial charge in [0.15, 0.2) is 0 Å². The highest BCUT2D eigenvalue weighted by molar-refractivity contribution is 5.64. The minimum absolute atomic E-state index is 0.0577. The van der Waals surface area contributed by atoms with E-state index in [0.717, 1.165) is 13.0 Å². The van der Waals surface area contributed by atoms with E-state index in [-0.39, 0.29) is 5.92 Å². The number of amides is 1. The Morgan fingerprint density at radius 1 is 1.67 bits per heavy atom. The fourth-order valence-electron chi connectivity index (χ4n) is 1.35. The lowest BCUT2D eigenvalue weighted by molar-refractivity contribution is 0.0811. The van der Waals surface area contributed by atoms with Gasteiger partial charge in [-0.3, -0.25) is 0 Å².